The lowest BCUT2D eigenvalue weighted by Crippen LogP contribution is -2.46. The molecule has 2 aliphatic rings. The number of carbonyl (C=O) groups is 2. The second-order valence-electron chi connectivity index (χ2n) is 6.43. The van der Waals surface area contributed by atoms with E-state index in [4.69, 9.17) is 9.47 Å². The van der Waals surface area contributed by atoms with Crippen molar-refractivity contribution in [2.75, 3.05) is 20.3 Å². The topological polar surface area (TPSA) is 67.9 Å². The normalized spacial score (nSPS) is 21.7. The zero-order chi connectivity index (χ0) is 18.1. The van der Waals surface area contributed by atoms with Crippen molar-refractivity contribution in [2.24, 2.45) is 0 Å². The summed E-state index contributed by atoms with van der Waals surface area (Å²) >= 11 is 1.65. The first-order valence-electron chi connectivity index (χ1n) is 8.62. The number of benzene rings is 1. The maximum atomic E-state index is 13.1. The number of rotatable bonds is 5. The molecule has 26 heavy (non-hydrogen) atoms. The zero-order valence-electron chi connectivity index (χ0n) is 14.5. The minimum atomic E-state index is -0.884. The second kappa shape index (κ2) is 6.64. The molecule has 3 amide bonds. The second-order valence-corrected chi connectivity index (χ2v) is 7.43. The highest BCUT2D eigenvalue weighted by molar-refractivity contribution is 7.10. The molecule has 1 aliphatic heterocycles. The molecule has 1 aliphatic carbocycles. The van der Waals surface area contributed by atoms with Gasteiger partial charge in [0.05, 0.1) is 13.7 Å². The monoisotopic (exact) mass is 372 g/mol. The fourth-order valence-corrected chi connectivity index (χ4v) is 4.67. The van der Waals surface area contributed by atoms with Gasteiger partial charge in [0.1, 0.15) is 23.6 Å². The van der Waals surface area contributed by atoms with E-state index >= 15 is 0 Å². The van der Waals surface area contributed by atoms with Crippen LogP contribution in [0.1, 0.15) is 23.3 Å². The molecule has 136 valence electrons. The van der Waals surface area contributed by atoms with Gasteiger partial charge in [0.2, 0.25) is 0 Å². The maximum Gasteiger partial charge on any atom is 0.325 e. The Balaban J connectivity index is 1.44. The molecule has 6 nitrogen and oxygen atoms in total. The van der Waals surface area contributed by atoms with Gasteiger partial charge in [0.15, 0.2) is 0 Å². The standard InChI is InChI=1S/C19H20N2O4S/c1-24-13-4-6-14(7-5-13)25-11-10-21-17(22)19(20-18(21)23)9-2-3-16-15(19)8-12-26-16/h4-8,12H,2-3,9-11H2,1H3,(H,20,23)/t19-/m0/s1. The summed E-state index contributed by atoms with van der Waals surface area (Å²) in [6.07, 6.45) is 2.52. The first kappa shape index (κ1) is 16.9. The Hall–Kier alpha value is -2.54. The van der Waals surface area contributed by atoms with Crippen LogP contribution in [0.25, 0.3) is 0 Å². The quantitative estimate of drug-likeness (QED) is 0.820. The number of thiophene rings is 1. The summed E-state index contributed by atoms with van der Waals surface area (Å²) < 4.78 is 10.8. The first-order valence-corrected chi connectivity index (χ1v) is 9.50. The van der Waals surface area contributed by atoms with Crippen molar-refractivity contribution in [3.05, 3.63) is 46.2 Å². The van der Waals surface area contributed by atoms with E-state index in [1.54, 1.807) is 42.7 Å². The number of methoxy groups -OCH3 is 1. The number of nitrogens with zero attached hydrogens (tertiary/aromatic N) is 1. The van der Waals surface area contributed by atoms with Crippen molar-refractivity contribution in [3.63, 3.8) is 0 Å². The van der Waals surface area contributed by atoms with E-state index in [2.05, 4.69) is 5.32 Å². The molecule has 0 bridgehead atoms. The molecule has 7 heteroatoms. The molecule has 0 radical (unpaired) electrons. The number of amides is 3. The Bertz CT molecular complexity index is 832. The molecule has 1 saturated heterocycles. The minimum absolute atomic E-state index is 0.166. The van der Waals surface area contributed by atoms with Crippen LogP contribution in [0.5, 0.6) is 11.5 Å². The van der Waals surface area contributed by atoms with E-state index in [9.17, 15) is 9.59 Å². The molecule has 1 aromatic carbocycles. The highest BCUT2D eigenvalue weighted by Gasteiger charge is 2.54. The third-order valence-electron chi connectivity index (χ3n) is 4.98. The third kappa shape index (κ3) is 2.72. The van der Waals surface area contributed by atoms with Gasteiger partial charge in [-0.25, -0.2) is 4.79 Å². The number of imide groups is 1. The molecule has 2 heterocycles. The Morgan fingerprint density at radius 3 is 2.73 bits per heavy atom. The zero-order valence-corrected chi connectivity index (χ0v) is 15.3. The van der Waals surface area contributed by atoms with Crippen molar-refractivity contribution in [3.8, 4) is 11.5 Å². The highest BCUT2D eigenvalue weighted by Crippen LogP contribution is 2.42. The number of carbonyl (C=O) groups excluding carboxylic acids is 2. The van der Waals surface area contributed by atoms with Crippen LogP contribution in [0.4, 0.5) is 4.79 Å². The van der Waals surface area contributed by atoms with Crippen molar-refractivity contribution >= 4 is 23.3 Å². The largest absolute Gasteiger partial charge is 0.497 e. The fraction of sp³-hybridized carbons (Fsp3) is 0.368. The predicted octanol–water partition coefficient (Wildman–Crippen LogP) is 2.92. The lowest BCUT2D eigenvalue weighted by Gasteiger charge is -2.31. The molecule has 1 aromatic heterocycles. The number of fused-ring (bicyclic) bond motifs is 2. The van der Waals surface area contributed by atoms with Gasteiger partial charge in [-0.2, -0.15) is 0 Å². The van der Waals surface area contributed by atoms with E-state index in [0.29, 0.717) is 12.2 Å². The van der Waals surface area contributed by atoms with E-state index in [1.165, 1.54) is 9.78 Å². The van der Waals surface area contributed by atoms with Crippen molar-refractivity contribution in [1.82, 2.24) is 10.2 Å². The van der Waals surface area contributed by atoms with Gasteiger partial charge in [-0.15, -0.1) is 11.3 Å². The van der Waals surface area contributed by atoms with Crippen LogP contribution in [0.2, 0.25) is 0 Å². The van der Waals surface area contributed by atoms with Crippen molar-refractivity contribution in [2.45, 2.75) is 24.8 Å². The number of urea groups is 1. The summed E-state index contributed by atoms with van der Waals surface area (Å²) in [5.74, 6) is 1.25. The van der Waals surface area contributed by atoms with Gasteiger partial charge < -0.3 is 14.8 Å². The molecular weight excluding hydrogens is 352 g/mol. The lowest BCUT2D eigenvalue weighted by molar-refractivity contribution is -0.132. The summed E-state index contributed by atoms with van der Waals surface area (Å²) in [5, 5.41) is 4.94. The van der Waals surface area contributed by atoms with Gasteiger partial charge in [0, 0.05) is 10.4 Å². The summed E-state index contributed by atoms with van der Waals surface area (Å²) in [7, 11) is 1.60. The lowest BCUT2D eigenvalue weighted by atomic mass is 9.80. The minimum Gasteiger partial charge on any atom is -0.497 e. The Kier molecular flexibility index (Phi) is 4.32. The van der Waals surface area contributed by atoms with Crippen molar-refractivity contribution in [1.29, 1.82) is 0 Å². The van der Waals surface area contributed by atoms with E-state index in [0.717, 1.165) is 24.2 Å². The van der Waals surface area contributed by atoms with Crippen molar-refractivity contribution < 1.29 is 19.1 Å². The van der Waals surface area contributed by atoms with Gasteiger partial charge >= 0.3 is 6.03 Å². The van der Waals surface area contributed by atoms with Gasteiger partial charge in [-0.3, -0.25) is 9.69 Å². The number of ether oxygens (including phenoxy) is 2. The molecule has 0 saturated carbocycles. The average molecular weight is 372 g/mol. The molecular formula is C19H20N2O4S. The number of hydrogen-bond acceptors (Lipinski definition) is 5. The van der Waals surface area contributed by atoms with Gasteiger partial charge in [-0.1, -0.05) is 0 Å². The predicted molar refractivity (Wildman–Crippen MR) is 97.7 cm³/mol. The summed E-state index contributed by atoms with van der Waals surface area (Å²) in [5.41, 5.74) is 0.0794. The Labute approximate surface area is 155 Å². The van der Waals surface area contributed by atoms with Crippen LogP contribution in [0, 0.1) is 0 Å². The van der Waals surface area contributed by atoms with Gasteiger partial charge in [-0.05, 0) is 55.0 Å². The number of hydrogen-bond donors (Lipinski definition) is 1. The highest BCUT2D eigenvalue weighted by atomic mass is 32.1. The third-order valence-corrected chi connectivity index (χ3v) is 5.96. The summed E-state index contributed by atoms with van der Waals surface area (Å²) in [4.78, 5) is 28.0. The maximum absolute atomic E-state index is 13.1. The molecule has 4 rings (SSSR count). The van der Waals surface area contributed by atoms with E-state index in [-0.39, 0.29) is 25.1 Å². The van der Waals surface area contributed by atoms with Crippen LogP contribution in [-0.4, -0.2) is 37.1 Å². The number of nitrogens with one attached hydrogen (secondary N) is 1. The summed E-state index contributed by atoms with van der Waals surface area (Å²) in [6, 6.07) is 8.83. The Morgan fingerprint density at radius 1 is 1.19 bits per heavy atom. The molecule has 1 atom stereocenters. The summed E-state index contributed by atoms with van der Waals surface area (Å²) in [6.45, 7) is 0.468. The molecule has 1 spiro atoms. The SMILES string of the molecule is COc1ccc(OCCN2C(=O)N[C@]3(CCCc4sccc43)C2=O)cc1. The van der Waals surface area contributed by atoms with Crippen LogP contribution in [0.15, 0.2) is 35.7 Å². The molecule has 0 unspecified atom stereocenters. The van der Waals surface area contributed by atoms with Crippen LogP contribution >= 0.6 is 11.3 Å². The average Bonchev–Trinajstić information content (AvgIpc) is 3.22. The van der Waals surface area contributed by atoms with E-state index < -0.39 is 5.54 Å². The van der Waals surface area contributed by atoms with Gasteiger partial charge in [0.25, 0.3) is 5.91 Å². The Morgan fingerprint density at radius 2 is 1.96 bits per heavy atom. The number of aryl methyl sites for hydroxylation is 1. The van der Waals surface area contributed by atoms with E-state index in [1.807, 2.05) is 11.4 Å². The van der Waals surface area contributed by atoms with Crippen LogP contribution in [0.3, 0.4) is 0 Å². The smallest absolute Gasteiger partial charge is 0.325 e. The van der Waals surface area contributed by atoms with Crippen LogP contribution in [-0.2, 0) is 16.8 Å². The van der Waals surface area contributed by atoms with Crippen LogP contribution < -0.4 is 14.8 Å². The molecule has 2 aromatic rings. The molecule has 1 N–H and O–H groups in total. The fourth-order valence-electron chi connectivity index (χ4n) is 3.67. The molecule has 1 fully saturated rings. The first-order chi connectivity index (χ1) is 12.6.